The zero-order chi connectivity index (χ0) is 13.5. The molecule has 1 aromatic heterocycles. The van der Waals surface area contributed by atoms with Gasteiger partial charge in [0.15, 0.2) is 5.82 Å². The molecule has 20 heavy (non-hydrogen) atoms. The third-order valence-electron chi connectivity index (χ3n) is 4.42. The molecular formula is C15H17ClN4. The zero-order valence-electron chi connectivity index (χ0n) is 11.2. The van der Waals surface area contributed by atoms with Gasteiger partial charge in [-0.3, -0.25) is 0 Å². The standard InChI is InChI=1S/C15H17ClN4/c16-12-6-3-5-10(8-12)14-18-15-17-9-11-4-1-2-7-13(11)20(15)19-14/h3,5-6,8,11,13H,1-2,4,7,9H2,(H,17,18,19). The summed E-state index contributed by atoms with van der Waals surface area (Å²) >= 11 is 6.05. The van der Waals surface area contributed by atoms with Gasteiger partial charge in [-0.1, -0.05) is 36.6 Å². The summed E-state index contributed by atoms with van der Waals surface area (Å²) in [7, 11) is 0. The highest BCUT2D eigenvalue weighted by Gasteiger charge is 2.33. The highest BCUT2D eigenvalue weighted by molar-refractivity contribution is 6.30. The van der Waals surface area contributed by atoms with E-state index in [4.69, 9.17) is 16.7 Å². The molecule has 5 heteroatoms. The van der Waals surface area contributed by atoms with E-state index in [2.05, 4.69) is 15.0 Å². The molecule has 1 saturated carbocycles. The molecule has 2 aromatic rings. The summed E-state index contributed by atoms with van der Waals surface area (Å²) in [6.45, 7) is 1.03. The maximum atomic E-state index is 6.05. The number of anilines is 1. The third kappa shape index (κ3) is 1.99. The van der Waals surface area contributed by atoms with Gasteiger partial charge < -0.3 is 5.32 Å². The maximum Gasteiger partial charge on any atom is 0.221 e. The van der Waals surface area contributed by atoms with Gasteiger partial charge in [0.1, 0.15) is 0 Å². The van der Waals surface area contributed by atoms with Crippen molar-refractivity contribution in [3.05, 3.63) is 29.3 Å². The van der Waals surface area contributed by atoms with E-state index in [1.807, 2.05) is 24.3 Å². The van der Waals surface area contributed by atoms with Gasteiger partial charge in [-0.15, -0.1) is 5.10 Å². The van der Waals surface area contributed by atoms with Crippen LogP contribution >= 0.6 is 11.6 Å². The molecule has 0 saturated heterocycles. The van der Waals surface area contributed by atoms with Crippen molar-refractivity contribution < 1.29 is 0 Å². The topological polar surface area (TPSA) is 42.7 Å². The fraction of sp³-hybridized carbons (Fsp3) is 0.467. The molecule has 0 amide bonds. The van der Waals surface area contributed by atoms with Gasteiger partial charge in [0, 0.05) is 17.1 Å². The van der Waals surface area contributed by atoms with Crippen LogP contribution in [0, 0.1) is 5.92 Å². The van der Waals surface area contributed by atoms with Gasteiger partial charge >= 0.3 is 0 Å². The molecule has 104 valence electrons. The van der Waals surface area contributed by atoms with E-state index in [1.54, 1.807) is 0 Å². The van der Waals surface area contributed by atoms with Crippen molar-refractivity contribution in [1.82, 2.24) is 14.8 Å². The Hall–Kier alpha value is -1.55. The lowest BCUT2D eigenvalue weighted by Crippen LogP contribution is -2.35. The summed E-state index contributed by atoms with van der Waals surface area (Å²) < 4.78 is 2.10. The lowest BCUT2D eigenvalue weighted by Gasteiger charge is -2.36. The summed E-state index contributed by atoms with van der Waals surface area (Å²) in [5.74, 6) is 2.37. The number of nitrogens with one attached hydrogen (secondary N) is 1. The summed E-state index contributed by atoms with van der Waals surface area (Å²) in [5, 5.41) is 8.87. The first-order valence-corrected chi connectivity index (χ1v) is 7.65. The summed E-state index contributed by atoms with van der Waals surface area (Å²) in [6.07, 6.45) is 5.15. The minimum atomic E-state index is 0.514. The normalized spacial score (nSPS) is 24.6. The van der Waals surface area contributed by atoms with Crippen LogP contribution in [0.15, 0.2) is 24.3 Å². The Bertz CT molecular complexity index is 637. The van der Waals surface area contributed by atoms with Crippen molar-refractivity contribution in [3.8, 4) is 11.4 Å². The molecule has 1 aromatic carbocycles. The molecule has 0 radical (unpaired) electrons. The third-order valence-corrected chi connectivity index (χ3v) is 4.65. The molecule has 2 aliphatic rings. The molecule has 2 unspecified atom stereocenters. The van der Waals surface area contributed by atoms with Crippen LogP contribution in [0.3, 0.4) is 0 Å². The lowest BCUT2D eigenvalue weighted by atomic mass is 9.84. The zero-order valence-corrected chi connectivity index (χ0v) is 12.0. The van der Waals surface area contributed by atoms with E-state index >= 15 is 0 Å². The Kier molecular flexibility index (Phi) is 2.91. The fourth-order valence-corrected chi connectivity index (χ4v) is 3.59. The highest BCUT2D eigenvalue weighted by Crippen LogP contribution is 2.38. The minimum absolute atomic E-state index is 0.514. The molecule has 4 nitrogen and oxygen atoms in total. The molecule has 1 aliphatic carbocycles. The summed E-state index contributed by atoms with van der Waals surface area (Å²) in [6, 6.07) is 8.25. The number of aromatic nitrogens is 3. The van der Waals surface area contributed by atoms with E-state index < -0.39 is 0 Å². The van der Waals surface area contributed by atoms with E-state index in [0.29, 0.717) is 12.0 Å². The minimum Gasteiger partial charge on any atom is -0.354 e. The summed E-state index contributed by atoms with van der Waals surface area (Å²) in [5.41, 5.74) is 0.980. The van der Waals surface area contributed by atoms with Crippen molar-refractivity contribution in [3.63, 3.8) is 0 Å². The van der Waals surface area contributed by atoms with Crippen molar-refractivity contribution in [2.45, 2.75) is 31.7 Å². The molecule has 1 aliphatic heterocycles. The fourth-order valence-electron chi connectivity index (χ4n) is 3.40. The molecule has 2 heterocycles. The number of fused-ring (bicyclic) bond motifs is 3. The van der Waals surface area contributed by atoms with Gasteiger partial charge in [0.2, 0.25) is 5.95 Å². The van der Waals surface area contributed by atoms with E-state index in [1.165, 1.54) is 25.7 Å². The first kappa shape index (κ1) is 12.2. The van der Waals surface area contributed by atoms with E-state index in [9.17, 15) is 0 Å². The Balaban J connectivity index is 1.73. The molecule has 2 atom stereocenters. The van der Waals surface area contributed by atoms with Gasteiger partial charge in [-0.25, -0.2) is 4.68 Å². The number of hydrogen-bond donors (Lipinski definition) is 1. The SMILES string of the molecule is Clc1cccc(-c2nc3n(n2)C2CCCCC2CN3)c1. The lowest BCUT2D eigenvalue weighted by molar-refractivity contribution is 0.222. The maximum absolute atomic E-state index is 6.05. The quantitative estimate of drug-likeness (QED) is 0.869. The second-order valence-electron chi connectivity index (χ2n) is 5.71. The molecule has 1 N–H and O–H groups in total. The predicted molar refractivity (Wildman–Crippen MR) is 80.0 cm³/mol. The van der Waals surface area contributed by atoms with Crippen LogP contribution in [0.2, 0.25) is 5.02 Å². The van der Waals surface area contributed by atoms with Gasteiger partial charge in [0.05, 0.1) is 6.04 Å². The average Bonchev–Trinajstić information content (AvgIpc) is 2.92. The number of nitrogens with zero attached hydrogens (tertiary/aromatic N) is 3. The first-order chi connectivity index (χ1) is 9.81. The largest absolute Gasteiger partial charge is 0.354 e. The van der Waals surface area contributed by atoms with E-state index in [-0.39, 0.29) is 0 Å². The average molecular weight is 289 g/mol. The van der Waals surface area contributed by atoms with Crippen molar-refractivity contribution in [2.24, 2.45) is 5.92 Å². The second kappa shape index (κ2) is 4.77. The van der Waals surface area contributed by atoms with Crippen LogP contribution in [0.1, 0.15) is 31.7 Å². The van der Waals surface area contributed by atoms with Crippen LogP contribution in [0.4, 0.5) is 5.95 Å². The van der Waals surface area contributed by atoms with Crippen LogP contribution in [-0.4, -0.2) is 21.3 Å². The Labute approximate surface area is 123 Å². The number of rotatable bonds is 1. The van der Waals surface area contributed by atoms with Gasteiger partial charge in [-0.05, 0) is 30.9 Å². The predicted octanol–water partition coefficient (Wildman–Crippen LogP) is 3.76. The Morgan fingerprint density at radius 1 is 1.25 bits per heavy atom. The number of halogens is 1. The van der Waals surface area contributed by atoms with Crippen molar-refractivity contribution in [2.75, 3.05) is 11.9 Å². The van der Waals surface area contributed by atoms with Crippen molar-refractivity contribution in [1.29, 1.82) is 0 Å². The Morgan fingerprint density at radius 2 is 2.15 bits per heavy atom. The van der Waals surface area contributed by atoms with Crippen LogP contribution in [0.25, 0.3) is 11.4 Å². The van der Waals surface area contributed by atoms with Crippen molar-refractivity contribution >= 4 is 17.5 Å². The second-order valence-corrected chi connectivity index (χ2v) is 6.14. The van der Waals surface area contributed by atoms with Gasteiger partial charge in [-0.2, -0.15) is 4.98 Å². The molecular weight excluding hydrogens is 272 g/mol. The Morgan fingerprint density at radius 3 is 3.05 bits per heavy atom. The number of benzene rings is 1. The molecule has 0 spiro atoms. The molecule has 0 bridgehead atoms. The van der Waals surface area contributed by atoms with E-state index in [0.717, 1.165) is 28.9 Å². The summed E-state index contributed by atoms with van der Waals surface area (Å²) in [4.78, 5) is 4.64. The molecule has 1 fully saturated rings. The first-order valence-electron chi connectivity index (χ1n) is 7.27. The van der Waals surface area contributed by atoms with Crippen LogP contribution in [-0.2, 0) is 0 Å². The van der Waals surface area contributed by atoms with Crippen LogP contribution in [0.5, 0.6) is 0 Å². The smallest absolute Gasteiger partial charge is 0.221 e. The van der Waals surface area contributed by atoms with Crippen LogP contribution < -0.4 is 5.32 Å². The van der Waals surface area contributed by atoms with Gasteiger partial charge in [0.25, 0.3) is 0 Å². The highest BCUT2D eigenvalue weighted by atomic mass is 35.5. The molecule has 4 rings (SSSR count). The monoisotopic (exact) mass is 288 g/mol. The number of hydrogen-bond acceptors (Lipinski definition) is 3.